The van der Waals surface area contributed by atoms with Gasteiger partial charge in [0, 0.05) is 25.8 Å². The van der Waals surface area contributed by atoms with Crippen LogP contribution < -0.4 is 15.5 Å². The number of nitrogens with one attached hydrogen (secondary N) is 2. The van der Waals surface area contributed by atoms with E-state index in [2.05, 4.69) is 20.5 Å². The van der Waals surface area contributed by atoms with Crippen molar-refractivity contribution >= 4 is 11.8 Å². The summed E-state index contributed by atoms with van der Waals surface area (Å²) in [5.41, 5.74) is 0.109. The van der Waals surface area contributed by atoms with Crippen LogP contribution in [-0.2, 0) is 12.7 Å². The van der Waals surface area contributed by atoms with E-state index < -0.39 is 23.8 Å². The number of urea groups is 1. The second kappa shape index (κ2) is 9.15. The van der Waals surface area contributed by atoms with Gasteiger partial charge in [-0.05, 0) is 49.4 Å². The van der Waals surface area contributed by atoms with E-state index in [1.54, 1.807) is 6.20 Å². The maximum absolute atomic E-state index is 13.1. The Balaban J connectivity index is 1.53. The standard InChI is InChI=1S/C21H25F3N4O/c1-15(17-7-3-4-8-18(17)21(22,23)24)27-20(29)26-14-16-9-10-19(25-13-16)28-11-5-2-6-12-28/h3-4,7-10,13,15H,2,5-6,11-12,14H2,1H3,(H2,26,27,29). The van der Waals surface area contributed by atoms with Crippen LogP contribution in [0.2, 0.25) is 0 Å². The number of carbonyl (C=O) groups is 1. The minimum Gasteiger partial charge on any atom is -0.357 e. The molecule has 8 heteroatoms. The fourth-order valence-electron chi connectivity index (χ4n) is 3.47. The molecule has 29 heavy (non-hydrogen) atoms. The highest BCUT2D eigenvalue weighted by Gasteiger charge is 2.34. The molecule has 1 aromatic heterocycles. The Morgan fingerprint density at radius 3 is 2.52 bits per heavy atom. The van der Waals surface area contributed by atoms with E-state index in [1.807, 2.05) is 12.1 Å². The number of benzene rings is 1. The van der Waals surface area contributed by atoms with Crippen LogP contribution in [0.4, 0.5) is 23.8 Å². The van der Waals surface area contributed by atoms with E-state index in [-0.39, 0.29) is 12.1 Å². The normalized spacial score (nSPS) is 15.7. The molecule has 2 N–H and O–H groups in total. The molecule has 5 nitrogen and oxygen atoms in total. The molecule has 3 rings (SSSR count). The summed E-state index contributed by atoms with van der Waals surface area (Å²) in [5.74, 6) is 0.926. The summed E-state index contributed by atoms with van der Waals surface area (Å²) >= 11 is 0. The van der Waals surface area contributed by atoms with E-state index in [1.165, 1.54) is 44.4 Å². The molecule has 0 bridgehead atoms. The molecule has 1 fully saturated rings. The highest BCUT2D eigenvalue weighted by Crippen LogP contribution is 2.34. The molecular formula is C21H25F3N4O. The van der Waals surface area contributed by atoms with Gasteiger partial charge in [-0.1, -0.05) is 24.3 Å². The summed E-state index contributed by atoms with van der Waals surface area (Å²) < 4.78 is 39.4. The third-order valence-corrected chi connectivity index (χ3v) is 5.02. The lowest BCUT2D eigenvalue weighted by atomic mass is 10.0. The smallest absolute Gasteiger partial charge is 0.357 e. The van der Waals surface area contributed by atoms with Gasteiger partial charge in [0.25, 0.3) is 0 Å². The van der Waals surface area contributed by atoms with Crippen LogP contribution in [0, 0.1) is 0 Å². The number of hydrogen-bond acceptors (Lipinski definition) is 3. The largest absolute Gasteiger partial charge is 0.416 e. The van der Waals surface area contributed by atoms with Crippen molar-refractivity contribution in [1.29, 1.82) is 0 Å². The van der Waals surface area contributed by atoms with Crippen molar-refractivity contribution in [2.75, 3.05) is 18.0 Å². The molecule has 1 aromatic carbocycles. The van der Waals surface area contributed by atoms with Crippen molar-refractivity contribution in [3.63, 3.8) is 0 Å². The number of amides is 2. The van der Waals surface area contributed by atoms with Gasteiger partial charge in [-0.25, -0.2) is 9.78 Å². The van der Waals surface area contributed by atoms with Gasteiger partial charge in [0.2, 0.25) is 0 Å². The zero-order chi connectivity index (χ0) is 20.9. The quantitative estimate of drug-likeness (QED) is 0.760. The van der Waals surface area contributed by atoms with Crippen LogP contribution >= 0.6 is 0 Å². The van der Waals surface area contributed by atoms with Gasteiger partial charge in [-0.15, -0.1) is 0 Å². The number of pyridine rings is 1. The minimum absolute atomic E-state index is 0.0303. The molecule has 1 saturated heterocycles. The fraction of sp³-hybridized carbons (Fsp3) is 0.429. The molecular weight excluding hydrogens is 381 g/mol. The van der Waals surface area contributed by atoms with Gasteiger partial charge in [0.1, 0.15) is 5.82 Å². The Bertz CT molecular complexity index is 817. The summed E-state index contributed by atoms with van der Waals surface area (Å²) in [7, 11) is 0. The summed E-state index contributed by atoms with van der Waals surface area (Å²) in [6, 6.07) is 7.76. The third kappa shape index (κ3) is 5.62. The summed E-state index contributed by atoms with van der Waals surface area (Å²) in [6.45, 7) is 3.78. The summed E-state index contributed by atoms with van der Waals surface area (Å²) in [5, 5.41) is 5.24. The van der Waals surface area contributed by atoms with Crippen LogP contribution in [0.3, 0.4) is 0 Å². The lowest BCUT2D eigenvalue weighted by molar-refractivity contribution is -0.138. The van der Waals surface area contributed by atoms with Crippen LogP contribution in [0.25, 0.3) is 0 Å². The Kier molecular flexibility index (Phi) is 6.61. The van der Waals surface area contributed by atoms with Gasteiger partial charge in [-0.3, -0.25) is 0 Å². The van der Waals surface area contributed by atoms with Gasteiger partial charge in [0.05, 0.1) is 11.6 Å². The predicted molar refractivity (Wildman–Crippen MR) is 106 cm³/mol. The molecule has 1 aliphatic rings. The molecule has 0 spiro atoms. The second-order valence-corrected chi connectivity index (χ2v) is 7.21. The number of nitrogens with zero attached hydrogens (tertiary/aromatic N) is 2. The number of halogens is 3. The van der Waals surface area contributed by atoms with Crippen molar-refractivity contribution in [3.05, 3.63) is 59.3 Å². The Hall–Kier alpha value is -2.77. The molecule has 2 heterocycles. The Labute approximate surface area is 168 Å². The lowest BCUT2D eigenvalue weighted by Crippen LogP contribution is -2.37. The van der Waals surface area contributed by atoms with Gasteiger partial charge in [-0.2, -0.15) is 13.2 Å². The number of piperidine rings is 1. The molecule has 2 aromatic rings. The average Bonchev–Trinajstić information content (AvgIpc) is 2.72. The molecule has 1 atom stereocenters. The van der Waals surface area contributed by atoms with Crippen molar-refractivity contribution in [2.24, 2.45) is 0 Å². The first kappa shape index (κ1) is 21.0. The molecule has 1 aliphatic heterocycles. The first-order chi connectivity index (χ1) is 13.8. The van der Waals surface area contributed by atoms with Crippen LogP contribution in [0.5, 0.6) is 0 Å². The summed E-state index contributed by atoms with van der Waals surface area (Å²) in [6.07, 6.45) is 0.832. The topological polar surface area (TPSA) is 57.3 Å². The van der Waals surface area contributed by atoms with Crippen LogP contribution in [-0.4, -0.2) is 24.1 Å². The zero-order valence-corrected chi connectivity index (χ0v) is 16.3. The first-order valence-electron chi connectivity index (χ1n) is 9.75. The van der Waals surface area contributed by atoms with Crippen molar-refractivity contribution < 1.29 is 18.0 Å². The van der Waals surface area contributed by atoms with Crippen molar-refractivity contribution in [1.82, 2.24) is 15.6 Å². The van der Waals surface area contributed by atoms with Crippen molar-refractivity contribution in [2.45, 2.75) is 44.9 Å². The van der Waals surface area contributed by atoms with E-state index >= 15 is 0 Å². The molecule has 2 amide bonds. The van der Waals surface area contributed by atoms with E-state index in [4.69, 9.17) is 0 Å². The van der Waals surface area contributed by atoms with Crippen LogP contribution in [0.15, 0.2) is 42.6 Å². The Morgan fingerprint density at radius 1 is 1.14 bits per heavy atom. The monoisotopic (exact) mass is 406 g/mol. The maximum Gasteiger partial charge on any atom is 0.416 e. The summed E-state index contributed by atoms with van der Waals surface area (Å²) in [4.78, 5) is 18.8. The zero-order valence-electron chi connectivity index (χ0n) is 16.3. The SMILES string of the molecule is CC(NC(=O)NCc1ccc(N2CCCCC2)nc1)c1ccccc1C(F)(F)F. The van der Waals surface area contributed by atoms with E-state index in [0.717, 1.165) is 30.5 Å². The van der Waals surface area contributed by atoms with Crippen molar-refractivity contribution in [3.8, 4) is 0 Å². The fourth-order valence-corrected chi connectivity index (χ4v) is 3.47. The van der Waals surface area contributed by atoms with E-state index in [9.17, 15) is 18.0 Å². The molecule has 0 saturated carbocycles. The van der Waals surface area contributed by atoms with Gasteiger partial charge >= 0.3 is 12.2 Å². The number of rotatable bonds is 5. The highest BCUT2D eigenvalue weighted by molar-refractivity contribution is 5.74. The number of aromatic nitrogens is 1. The maximum atomic E-state index is 13.1. The van der Waals surface area contributed by atoms with Crippen LogP contribution in [0.1, 0.15) is 48.9 Å². The number of hydrogen-bond donors (Lipinski definition) is 2. The molecule has 1 unspecified atom stereocenters. The lowest BCUT2D eigenvalue weighted by Gasteiger charge is -2.27. The first-order valence-corrected chi connectivity index (χ1v) is 9.75. The molecule has 156 valence electrons. The van der Waals surface area contributed by atoms with E-state index in [0.29, 0.717) is 0 Å². The average molecular weight is 406 g/mol. The predicted octanol–water partition coefficient (Wildman–Crippen LogP) is 4.65. The Morgan fingerprint density at radius 2 is 1.86 bits per heavy atom. The second-order valence-electron chi connectivity index (χ2n) is 7.21. The molecule has 0 aliphatic carbocycles. The van der Waals surface area contributed by atoms with Gasteiger partial charge < -0.3 is 15.5 Å². The number of alkyl halides is 3. The number of carbonyl (C=O) groups excluding carboxylic acids is 1. The number of anilines is 1. The minimum atomic E-state index is -4.47. The molecule has 0 radical (unpaired) electrons. The third-order valence-electron chi connectivity index (χ3n) is 5.02. The van der Waals surface area contributed by atoms with Gasteiger partial charge in [0.15, 0.2) is 0 Å². The highest BCUT2D eigenvalue weighted by atomic mass is 19.4.